The van der Waals surface area contributed by atoms with Gasteiger partial charge in [0, 0.05) is 19.1 Å². The van der Waals surface area contributed by atoms with Gasteiger partial charge in [0.25, 0.3) is 0 Å². The fourth-order valence-corrected chi connectivity index (χ4v) is 3.66. The van der Waals surface area contributed by atoms with Crippen molar-refractivity contribution in [2.45, 2.75) is 58.4 Å². The van der Waals surface area contributed by atoms with Crippen molar-refractivity contribution in [2.24, 2.45) is 17.8 Å². The van der Waals surface area contributed by atoms with Crippen molar-refractivity contribution in [1.82, 2.24) is 10.2 Å². The first-order chi connectivity index (χ1) is 9.99. The fraction of sp³-hybridized carbons (Fsp3) is 0.875. The van der Waals surface area contributed by atoms with Crippen LogP contribution < -0.4 is 5.32 Å². The van der Waals surface area contributed by atoms with Crippen molar-refractivity contribution in [3.05, 3.63) is 0 Å². The molecule has 1 aliphatic carbocycles. The summed E-state index contributed by atoms with van der Waals surface area (Å²) in [5.41, 5.74) is 0. The van der Waals surface area contributed by atoms with Gasteiger partial charge in [-0.1, -0.05) is 32.6 Å². The highest BCUT2D eigenvalue weighted by Crippen LogP contribution is 2.30. The van der Waals surface area contributed by atoms with E-state index in [0.717, 1.165) is 18.3 Å². The molecule has 2 unspecified atom stereocenters. The second kappa shape index (κ2) is 7.14. The number of nitrogens with zero attached hydrogens (tertiary/aromatic N) is 1. The highest BCUT2D eigenvalue weighted by molar-refractivity contribution is 5.78. The summed E-state index contributed by atoms with van der Waals surface area (Å²) in [6, 6.07) is -0.312. The van der Waals surface area contributed by atoms with Crippen molar-refractivity contribution in [1.29, 1.82) is 0 Å². The summed E-state index contributed by atoms with van der Waals surface area (Å²) in [5.74, 6) is 0.378. The number of carbonyl (C=O) groups is 2. The Kier molecular flexibility index (Phi) is 5.48. The molecule has 0 aromatic heterocycles. The summed E-state index contributed by atoms with van der Waals surface area (Å²) in [4.78, 5) is 24.9. The number of carbonyl (C=O) groups excluding carboxylic acids is 1. The molecule has 5 nitrogen and oxygen atoms in total. The minimum Gasteiger partial charge on any atom is -0.481 e. The maximum atomic E-state index is 12.1. The SMILES string of the molecule is CC1CCC(CCNC(=O)N2CCC(C(=O)O)C2C)CC1. The van der Waals surface area contributed by atoms with E-state index >= 15 is 0 Å². The van der Waals surface area contributed by atoms with E-state index in [-0.39, 0.29) is 12.1 Å². The van der Waals surface area contributed by atoms with Crippen LogP contribution in [0.25, 0.3) is 0 Å². The lowest BCUT2D eigenvalue weighted by atomic mass is 9.81. The van der Waals surface area contributed by atoms with Gasteiger partial charge in [-0.2, -0.15) is 0 Å². The summed E-state index contributed by atoms with van der Waals surface area (Å²) in [6.45, 7) is 5.39. The van der Waals surface area contributed by atoms with Gasteiger partial charge in [0.15, 0.2) is 0 Å². The monoisotopic (exact) mass is 296 g/mol. The minimum absolute atomic E-state index is 0.101. The average molecular weight is 296 g/mol. The van der Waals surface area contributed by atoms with E-state index in [0.29, 0.717) is 19.5 Å². The highest BCUT2D eigenvalue weighted by Gasteiger charge is 2.38. The Bertz CT molecular complexity index is 378. The third-order valence-electron chi connectivity index (χ3n) is 5.30. The molecule has 5 heteroatoms. The van der Waals surface area contributed by atoms with Gasteiger partial charge in [0.2, 0.25) is 0 Å². The number of urea groups is 1. The number of carboxylic acid groups (broad SMARTS) is 1. The number of amides is 2. The number of rotatable bonds is 4. The summed E-state index contributed by atoms with van der Waals surface area (Å²) in [7, 11) is 0. The van der Waals surface area contributed by atoms with Crippen molar-refractivity contribution < 1.29 is 14.7 Å². The zero-order valence-corrected chi connectivity index (χ0v) is 13.2. The van der Waals surface area contributed by atoms with Crippen molar-refractivity contribution in [3.8, 4) is 0 Å². The van der Waals surface area contributed by atoms with Gasteiger partial charge in [-0.15, -0.1) is 0 Å². The summed E-state index contributed by atoms with van der Waals surface area (Å²) in [6.07, 6.45) is 6.77. The zero-order chi connectivity index (χ0) is 15.4. The maximum absolute atomic E-state index is 12.1. The van der Waals surface area contributed by atoms with Crippen LogP contribution in [0, 0.1) is 17.8 Å². The molecular formula is C16H28N2O3. The highest BCUT2D eigenvalue weighted by atomic mass is 16.4. The molecule has 1 aliphatic heterocycles. The van der Waals surface area contributed by atoms with E-state index in [4.69, 9.17) is 5.11 Å². The molecule has 2 amide bonds. The number of likely N-dealkylation sites (tertiary alicyclic amines) is 1. The Hall–Kier alpha value is -1.26. The maximum Gasteiger partial charge on any atom is 0.317 e. The van der Waals surface area contributed by atoms with E-state index in [9.17, 15) is 9.59 Å². The van der Waals surface area contributed by atoms with Gasteiger partial charge >= 0.3 is 12.0 Å². The normalized spacial score (nSPS) is 33.0. The van der Waals surface area contributed by atoms with Crippen molar-refractivity contribution >= 4 is 12.0 Å². The van der Waals surface area contributed by atoms with Crippen LogP contribution in [0.3, 0.4) is 0 Å². The Morgan fingerprint density at radius 1 is 1.14 bits per heavy atom. The first-order valence-electron chi connectivity index (χ1n) is 8.26. The van der Waals surface area contributed by atoms with E-state index in [1.165, 1.54) is 25.7 Å². The van der Waals surface area contributed by atoms with E-state index in [1.807, 2.05) is 6.92 Å². The molecular weight excluding hydrogens is 268 g/mol. The largest absolute Gasteiger partial charge is 0.481 e. The smallest absolute Gasteiger partial charge is 0.317 e. The lowest BCUT2D eigenvalue weighted by Gasteiger charge is -2.27. The first kappa shape index (κ1) is 16.1. The molecule has 2 aliphatic rings. The van der Waals surface area contributed by atoms with Crippen LogP contribution in [-0.4, -0.2) is 41.1 Å². The number of hydrogen-bond acceptors (Lipinski definition) is 2. The fourth-order valence-electron chi connectivity index (χ4n) is 3.66. The van der Waals surface area contributed by atoms with Crippen LogP contribution in [0.4, 0.5) is 4.79 Å². The molecule has 0 spiro atoms. The summed E-state index contributed by atoms with van der Waals surface area (Å²) in [5, 5.41) is 12.1. The molecule has 0 bridgehead atoms. The van der Waals surface area contributed by atoms with Crippen LogP contribution in [0.15, 0.2) is 0 Å². The first-order valence-corrected chi connectivity index (χ1v) is 8.26. The molecule has 1 saturated carbocycles. The third kappa shape index (κ3) is 4.11. The predicted octanol–water partition coefficient (Wildman–Crippen LogP) is 2.71. The second-order valence-corrected chi connectivity index (χ2v) is 6.81. The van der Waals surface area contributed by atoms with E-state index < -0.39 is 11.9 Å². The standard InChI is InChI=1S/C16H28N2O3/c1-11-3-5-13(6-4-11)7-9-17-16(21)18-10-8-14(12(18)2)15(19)20/h11-14H,3-10H2,1-2H3,(H,17,21)(H,19,20). The van der Waals surface area contributed by atoms with Gasteiger partial charge in [0.1, 0.15) is 0 Å². The summed E-state index contributed by atoms with van der Waals surface area (Å²) >= 11 is 0. The Morgan fingerprint density at radius 2 is 1.81 bits per heavy atom. The van der Waals surface area contributed by atoms with Crippen molar-refractivity contribution in [3.63, 3.8) is 0 Å². The topological polar surface area (TPSA) is 69.6 Å². The number of carboxylic acids is 1. The van der Waals surface area contributed by atoms with Crippen LogP contribution in [-0.2, 0) is 4.79 Å². The Labute approximate surface area is 127 Å². The van der Waals surface area contributed by atoms with Gasteiger partial charge in [-0.05, 0) is 31.6 Å². The molecule has 1 saturated heterocycles. The predicted molar refractivity (Wildman–Crippen MR) is 81.0 cm³/mol. The van der Waals surface area contributed by atoms with Gasteiger partial charge in [-0.25, -0.2) is 4.79 Å². The van der Waals surface area contributed by atoms with Crippen LogP contribution in [0.2, 0.25) is 0 Å². The quantitative estimate of drug-likeness (QED) is 0.838. The van der Waals surface area contributed by atoms with E-state index in [2.05, 4.69) is 12.2 Å². The Balaban J connectivity index is 1.69. The molecule has 0 aromatic carbocycles. The van der Waals surface area contributed by atoms with Gasteiger partial charge < -0.3 is 15.3 Å². The second-order valence-electron chi connectivity index (χ2n) is 6.81. The lowest BCUT2D eigenvalue weighted by molar-refractivity contribution is -0.142. The zero-order valence-electron chi connectivity index (χ0n) is 13.2. The average Bonchev–Trinajstić information content (AvgIpc) is 2.83. The molecule has 2 fully saturated rings. The molecule has 1 heterocycles. The third-order valence-corrected chi connectivity index (χ3v) is 5.30. The molecule has 120 valence electrons. The minimum atomic E-state index is -0.797. The van der Waals surface area contributed by atoms with Gasteiger partial charge in [0.05, 0.1) is 5.92 Å². The van der Waals surface area contributed by atoms with Crippen LogP contribution in [0.5, 0.6) is 0 Å². The number of aliphatic carboxylic acids is 1. The summed E-state index contributed by atoms with van der Waals surface area (Å²) < 4.78 is 0. The molecule has 2 rings (SSSR count). The molecule has 21 heavy (non-hydrogen) atoms. The Morgan fingerprint density at radius 3 is 2.38 bits per heavy atom. The number of nitrogens with one attached hydrogen (secondary N) is 1. The van der Waals surface area contributed by atoms with Crippen molar-refractivity contribution in [2.75, 3.05) is 13.1 Å². The lowest BCUT2D eigenvalue weighted by Crippen LogP contribution is -2.44. The van der Waals surface area contributed by atoms with Crippen LogP contribution in [0.1, 0.15) is 52.4 Å². The van der Waals surface area contributed by atoms with Crippen LogP contribution >= 0.6 is 0 Å². The molecule has 0 radical (unpaired) electrons. The van der Waals surface area contributed by atoms with Gasteiger partial charge in [-0.3, -0.25) is 4.79 Å². The molecule has 0 aromatic rings. The molecule has 2 N–H and O–H groups in total. The molecule has 2 atom stereocenters. The number of hydrogen-bond donors (Lipinski definition) is 2. The van der Waals surface area contributed by atoms with E-state index in [1.54, 1.807) is 4.90 Å².